The Morgan fingerprint density at radius 3 is 2.52 bits per heavy atom. The fourth-order valence-electron chi connectivity index (χ4n) is 2.95. The number of hydrogen-bond acceptors (Lipinski definition) is 5. The molecule has 25 heavy (non-hydrogen) atoms. The van der Waals surface area contributed by atoms with Crippen LogP contribution in [0.5, 0.6) is 0 Å². The molecule has 3 aromatic rings. The number of aromatic nitrogens is 3. The SMILES string of the molecule is O=C(c1ccc([N+](=O)[O-])cc1)N1CCc2nncn2-c2ccccc21. The van der Waals surface area contributed by atoms with Crippen molar-refractivity contribution in [1.29, 1.82) is 0 Å². The molecule has 1 amide bonds. The van der Waals surface area contributed by atoms with Gasteiger partial charge in [-0.25, -0.2) is 0 Å². The van der Waals surface area contributed by atoms with E-state index in [0.717, 1.165) is 17.2 Å². The van der Waals surface area contributed by atoms with Gasteiger partial charge in [-0.3, -0.25) is 19.5 Å². The van der Waals surface area contributed by atoms with Gasteiger partial charge in [-0.05, 0) is 24.3 Å². The van der Waals surface area contributed by atoms with Crippen LogP contribution in [-0.4, -0.2) is 32.1 Å². The third-order valence-corrected chi connectivity index (χ3v) is 4.18. The average Bonchev–Trinajstić information content (AvgIpc) is 3.05. The number of rotatable bonds is 2. The Bertz CT molecular complexity index is 964. The van der Waals surface area contributed by atoms with Crippen molar-refractivity contribution >= 4 is 17.3 Å². The van der Waals surface area contributed by atoms with Crippen LogP contribution < -0.4 is 4.90 Å². The number of non-ortho nitro benzene ring substituents is 1. The van der Waals surface area contributed by atoms with Gasteiger partial charge in [0, 0.05) is 30.7 Å². The summed E-state index contributed by atoms with van der Waals surface area (Å²) in [6, 6.07) is 13.2. The molecule has 0 fully saturated rings. The number of amides is 1. The van der Waals surface area contributed by atoms with Gasteiger partial charge in [-0.1, -0.05) is 12.1 Å². The lowest BCUT2D eigenvalue weighted by Crippen LogP contribution is -2.32. The van der Waals surface area contributed by atoms with Gasteiger partial charge in [0.05, 0.1) is 16.3 Å². The van der Waals surface area contributed by atoms with Crippen LogP contribution in [0.4, 0.5) is 11.4 Å². The fourth-order valence-corrected chi connectivity index (χ4v) is 2.95. The molecule has 0 saturated heterocycles. The van der Waals surface area contributed by atoms with Crippen molar-refractivity contribution in [1.82, 2.24) is 14.8 Å². The van der Waals surface area contributed by atoms with E-state index in [4.69, 9.17) is 0 Å². The van der Waals surface area contributed by atoms with E-state index in [-0.39, 0.29) is 11.6 Å². The third-order valence-electron chi connectivity index (χ3n) is 4.18. The van der Waals surface area contributed by atoms with Crippen LogP contribution in [0.1, 0.15) is 16.2 Å². The van der Waals surface area contributed by atoms with Gasteiger partial charge in [0.25, 0.3) is 11.6 Å². The summed E-state index contributed by atoms with van der Waals surface area (Å²) < 4.78 is 1.87. The smallest absolute Gasteiger partial charge is 0.269 e. The first kappa shape index (κ1) is 15.0. The molecule has 0 atom stereocenters. The molecule has 8 nitrogen and oxygen atoms in total. The van der Waals surface area contributed by atoms with Crippen molar-refractivity contribution < 1.29 is 9.72 Å². The molecule has 1 aliphatic rings. The second-order valence-electron chi connectivity index (χ2n) is 5.62. The van der Waals surface area contributed by atoms with E-state index in [9.17, 15) is 14.9 Å². The van der Waals surface area contributed by atoms with E-state index in [2.05, 4.69) is 10.2 Å². The minimum atomic E-state index is -0.485. The van der Waals surface area contributed by atoms with Crippen LogP contribution in [0.2, 0.25) is 0 Å². The zero-order valence-corrected chi connectivity index (χ0v) is 13.1. The number of benzene rings is 2. The highest BCUT2D eigenvalue weighted by atomic mass is 16.6. The summed E-state index contributed by atoms with van der Waals surface area (Å²) in [6.07, 6.45) is 2.20. The number of fused-ring (bicyclic) bond motifs is 3. The molecule has 0 bridgehead atoms. The first-order chi connectivity index (χ1) is 12.1. The minimum absolute atomic E-state index is 0.0426. The van der Waals surface area contributed by atoms with E-state index in [1.54, 1.807) is 11.2 Å². The highest BCUT2D eigenvalue weighted by Gasteiger charge is 2.25. The predicted octanol–water partition coefficient (Wildman–Crippen LogP) is 2.38. The molecule has 4 rings (SSSR count). The predicted molar refractivity (Wildman–Crippen MR) is 89.8 cm³/mol. The molecule has 0 unspecified atom stereocenters. The number of para-hydroxylation sites is 2. The van der Waals surface area contributed by atoms with Gasteiger partial charge < -0.3 is 4.90 Å². The van der Waals surface area contributed by atoms with Crippen LogP contribution >= 0.6 is 0 Å². The largest absolute Gasteiger partial charge is 0.306 e. The van der Waals surface area contributed by atoms with Crippen molar-refractivity contribution in [3.05, 3.63) is 76.4 Å². The van der Waals surface area contributed by atoms with Crippen molar-refractivity contribution in [2.45, 2.75) is 6.42 Å². The fraction of sp³-hybridized carbons (Fsp3) is 0.118. The summed E-state index contributed by atoms with van der Waals surface area (Å²) in [5.41, 5.74) is 1.94. The quantitative estimate of drug-likeness (QED) is 0.529. The Morgan fingerprint density at radius 1 is 1.08 bits per heavy atom. The molecule has 8 heteroatoms. The summed E-state index contributed by atoms with van der Waals surface area (Å²) in [7, 11) is 0. The van der Waals surface area contributed by atoms with E-state index in [1.165, 1.54) is 24.3 Å². The molecule has 2 aromatic carbocycles. The Balaban J connectivity index is 1.74. The Morgan fingerprint density at radius 2 is 1.80 bits per heavy atom. The van der Waals surface area contributed by atoms with Crippen LogP contribution in [0.15, 0.2) is 54.9 Å². The average molecular weight is 335 g/mol. The molecular weight excluding hydrogens is 322 g/mol. The second kappa shape index (κ2) is 5.82. The maximum Gasteiger partial charge on any atom is 0.269 e. The topological polar surface area (TPSA) is 94.2 Å². The highest BCUT2D eigenvalue weighted by Crippen LogP contribution is 2.29. The van der Waals surface area contributed by atoms with E-state index in [0.29, 0.717) is 18.5 Å². The van der Waals surface area contributed by atoms with Gasteiger partial charge in [-0.15, -0.1) is 10.2 Å². The van der Waals surface area contributed by atoms with Gasteiger partial charge in [-0.2, -0.15) is 0 Å². The number of hydrogen-bond donors (Lipinski definition) is 0. The standard InChI is InChI=1S/C17H13N5O3/c23-17(12-5-7-13(8-6-12)22(24)25)20-10-9-16-19-18-11-21(16)15-4-2-1-3-14(15)20/h1-8,11H,9-10H2. The van der Waals surface area contributed by atoms with Gasteiger partial charge in [0.15, 0.2) is 0 Å². The van der Waals surface area contributed by atoms with E-state index < -0.39 is 4.92 Å². The number of anilines is 1. The first-order valence-corrected chi connectivity index (χ1v) is 7.70. The molecule has 0 saturated carbocycles. The molecule has 124 valence electrons. The molecule has 0 radical (unpaired) electrons. The minimum Gasteiger partial charge on any atom is -0.306 e. The second-order valence-corrected chi connectivity index (χ2v) is 5.62. The lowest BCUT2D eigenvalue weighted by molar-refractivity contribution is -0.384. The lowest BCUT2D eigenvalue weighted by Gasteiger charge is -2.22. The van der Waals surface area contributed by atoms with Gasteiger partial charge >= 0.3 is 0 Å². The summed E-state index contributed by atoms with van der Waals surface area (Å²) >= 11 is 0. The summed E-state index contributed by atoms with van der Waals surface area (Å²) in [6.45, 7) is 0.450. The van der Waals surface area contributed by atoms with Crippen LogP contribution in [0.3, 0.4) is 0 Å². The van der Waals surface area contributed by atoms with E-state index in [1.807, 2.05) is 28.8 Å². The maximum atomic E-state index is 13.0. The number of nitro groups is 1. The molecule has 0 aliphatic carbocycles. The monoisotopic (exact) mass is 335 g/mol. The zero-order chi connectivity index (χ0) is 17.4. The molecule has 0 spiro atoms. The number of carbonyl (C=O) groups excluding carboxylic acids is 1. The normalized spacial score (nSPS) is 12.9. The van der Waals surface area contributed by atoms with E-state index >= 15 is 0 Å². The molecular formula is C17H13N5O3. The molecule has 1 aromatic heterocycles. The Kier molecular flexibility index (Phi) is 3.50. The molecule has 2 heterocycles. The Hall–Kier alpha value is -3.55. The van der Waals surface area contributed by atoms with Crippen LogP contribution in [-0.2, 0) is 6.42 Å². The highest BCUT2D eigenvalue weighted by molar-refractivity contribution is 6.07. The third kappa shape index (κ3) is 2.53. The van der Waals surface area contributed by atoms with Gasteiger partial charge in [0.2, 0.25) is 0 Å². The van der Waals surface area contributed by atoms with Crippen molar-refractivity contribution in [3.63, 3.8) is 0 Å². The molecule has 1 aliphatic heterocycles. The number of nitrogens with zero attached hydrogens (tertiary/aromatic N) is 5. The maximum absolute atomic E-state index is 13.0. The van der Waals surface area contributed by atoms with Crippen molar-refractivity contribution in [2.24, 2.45) is 0 Å². The molecule has 0 N–H and O–H groups in total. The Labute approximate surface area is 142 Å². The number of nitro benzene ring substituents is 1. The van der Waals surface area contributed by atoms with Crippen molar-refractivity contribution in [3.8, 4) is 5.69 Å². The van der Waals surface area contributed by atoms with Crippen LogP contribution in [0.25, 0.3) is 5.69 Å². The lowest BCUT2D eigenvalue weighted by atomic mass is 10.1. The van der Waals surface area contributed by atoms with Gasteiger partial charge in [0.1, 0.15) is 12.2 Å². The first-order valence-electron chi connectivity index (χ1n) is 7.70. The number of carbonyl (C=O) groups is 1. The summed E-state index contributed by atoms with van der Waals surface area (Å²) in [5.74, 6) is 0.576. The van der Waals surface area contributed by atoms with Crippen LogP contribution in [0, 0.1) is 10.1 Å². The zero-order valence-electron chi connectivity index (χ0n) is 13.1. The summed E-state index contributed by atoms with van der Waals surface area (Å²) in [5, 5.41) is 18.8. The van der Waals surface area contributed by atoms with Crippen molar-refractivity contribution in [2.75, 3.05) is 11.4 Å². The summed E-state index contributed by atoms with van der Waals surface area (Å²) in [4.78, 5) is 25.0.